The quantitative estimate of drug-likeness (QED) is 0.576. The predicted octanol–water partition coefficient (Wildman–Crippen LogP) is 4.46. The second-order valence-electron chi connectivity index (χ2n) is 4.02. The predicted molar refractivity (Wildman–Crippen MR) is 90.8 cm³/mol. The Labute approximate surface area is 129 Å². The Morgan fingerprint density at radius 3 is 2.25 bits per heavy atom. The van der Waals surface area contributed by atoms with Crippen LogP contribution in [0.15, 0.2) is 59.5 Å². The first kappa shape index (κ1) is 15.6. The maximum Gasteiger partial charge on any atom is 0.269 e. The minimum absolute atomic E-state index is 0.537. The first-order chi connectivity index (χ1) is 9.68. The fraction of sp³-hybridized carbons (Fsp3) is 0.200. The van der Waals surface area contributed by atoms with Crippen LogP contribution in [0.4, 0.5) is 0 Å². The van der Waals surface area contributed by atoms with Crippen LogP contribution in [0.25, 0.3) is 0 Å². The highest BCUT2D eigenvalue weighted by molar-refractivity contribution is 8.13. The van der Waals surface area contributed by atoms with Gasteiger partial charge in [0, 0.05) is 10.2 Å². The number of benzene rings is 2. The molecule has 0 aliphatic rings. The van der Waals surface area contributed by atoms with Crippen molar-refractivity contribution in [3.8, 4) is 5.75 Å². The molecular formula is C15H17O2PS2. The van der Waals surface area contributed by atoms with Crippen molar-refractivity contribution < 1.29 is 9.05 Å². The summed E-state index contributed by atoms with van der Waals surface area (Å²) in [6.07, 6.45) is 2.05. The zero-order valence-electron chi connectivity index (χ0n) is 11.5. The van der Waals surface area contributed by atoms with E-state index in [9.17, 15) is 0 Å². The van der Waals surface area contributed by atoms with E-state index in [4.69, 9.17) is 20.9 Å². The van der Waals surface area contributed by atoms with E-state index in [-0.39, 0.29) is 0 Å². The lowest BCUT2D eigenvalue weighted by Crippen LogP contribution is -2.11. The summed E-state index contributed by atoms with van der Waals surface area (Å²) in [4.78, 5) is 1.20. The van der Waals surface area contributed by atoms with Gasteiger partial charge in [0.05, 0.1) is 6.61 Å². The standard InChI is InChI=1S/C15H17O2PS2/c1-3-16-18(19,14-7-5-4-6-8-14)17-13-9-11-15(20-2)12-10-13/h4-12H,3H2,1-2H3. The molecule has 2 rings (SSSR count). The second kappa shape index (κ2) is 7.28. The topological polar surface area (TPSA) is 18.5 Å². The minimum Gasteiger partial charge on any atom is -0.440 e. The third-order valence-electron chi connectivity index (χ3n) is 2.66. The normalized spacial score (nSPS) is 13.7. The summed E-state index contributed by atoms with van der Waals surface area (Å²) in [5.74, 6) is 0.753. The van der Waals surface area contributed by atoms with Gasteiger partial charge in [-0.05, 0) is 61.4 Å². The molecule has 2 aromatic carbocycles. The van der Waals surface area contributed by atoms with Crippen molar-refractivity contribution in [2.75, 3.05) is 12.9 Å². The van der Waals surface area contributed by atoms with Crippen LogP contribution in [0.2, 0.25) is 0 Å². The van der Waals surface area contributed by atoms with Gasteiger partial charge in [0.25, 0.3) is 6.49 Å². The van der Waals surface area contributed by atoms with Crippen LogP contribution >= 0.6 is 18.3 Å². The average molecular weight is 324 g/mol. The van der Waals surface area contributed by atoms with Crippen LogP contribution in [0.3, 0.4) is 0 Å². The maximum absolute atomic E-state index is 6.02. The van der Waals surface area contributed by atoms with Crippen molar-refractivity contribution >= 4 is 35.4 Å². The molecule has 0 heterocycles. The molecule has 2 nitrogen and oxygen atoms in total. The summed E-state index contributed by atoms with van der Waals surface area (Å²) < 4.78 is 11.8. The van der Waals surface area contributed by atoms with Gasteiger partial charge in [0.2, 0.25) is 0 Å². The van der Waals surface area contributed by atoms with Crippen LogP contribution in [0.5, 0.6) is 5.75 Å². The zero-order valence-corrected chi connectivity index (χ0v) is 14.0. The molecule has 0 radical (unpaired) electrons. The highest BCUT2D eigenvalue weighted by Gasteiger charge is 2.22. The molecule has 0 N–H and O–H groups in total. The van der Waals surface area contributed by atoms with E-state index in [0.717, 1.165) is 11.1 Å². The van der Waals surface area contributed by atoms with Crippen molar-refractivity contribution in [2.24, 2.45) is 0 Å². The third kappa shape index (κ3) is 3.86. The van der Waals surface area contributed by atoms with Gasteiger partial charge in [-0.2, -0.15) is 0 Å². The van der Waals surface area contributed by atoms with Gasteiger partial charge in [-0.15, -0.1) is 11.8 Å². The summed E-state index contributed by atoms with van der Waals surface area (Å²) in [6, 6.07) is 17.7. The summed E-state index contributed by atoms with van der Waals surface area (Å²) in [5.41, 5.74) is 0. The van der Waals surface area contributed by atoms with Crippen LogP contribution in [0.1, 0.15) is 6.92 Å². The fourth-order valence-corrected chi connectivity index (χ4v) is 4.64. The lowest BCUT2D eigenvalue weighted by atomic mass is 10.3. The van der Waals surface area contributed by atoms with Crippen molar-refractivity contribution in [3.05, 3.63) is 54.6 Å². The maximum atomic E-state index is 6.02. The molecule has 0 saturated heterocycles. The van der Waals surface area contributed by atoms with E-state index in [2.05, 4.69) is 0 Å². The molecular weight excluding hydrogens is 307 g/mol. The summed E-state index contributed by atoms with van der Waals surface area (Å²) >= 11 is 7.37. The Morgan fingerprint density at radius 1 is 1.05 bits per heavy atom. The first-order valence-corrected chi connectivity index (χ1v) is 10.2. The number of rotatable bonds is 6. The molecule has 0 aliphatic carbocycles. The average Bonchev–Trinajstić information content (AvgIpc) is 2.49. The molecule has 0 saturated carbocycles. The Bertz CT molecular complexity index is 585. The summed E-state index contributed by atoms with van der Waals surface area (Å²) in [6.45, 7) is -0.0192. The largest absolute Gasteiger partial charge is 0.440 e. The van der Waals surface area contributed by atoms with Gasteiger partial charge >= 0.3 is 0 Å². The molecule has 106 valence electrons. The van der Waals surface area contributed by atoms with Crippen molar-refractivity contribution in [2.45, 2.75) is 11.8 Å². The lowest BCUT2D eigenvalue weighted by Gasteiger charge is -2.22. The first-order valence-electron chi connectivity index (χ1n) is 6.32. The van der Waals surface area contributed by atoms with Gasteiger partial charge in [-0.3, -0.25) is 0 Å². The van der Waals surface area contributed by atoms with Crippen LogP contribution in [-0.4, -0.2) is 12.9 Å². The minimum atomic E-state index is -2.49. The van der Waals surface area contributed by atoms with Gasteiger partial charge in [-0.1, -0.05) is 18.2 Å². The van der Waals surface area contributed by atoms with Crippen molar-refractivity contribution in [1.29, 1.82) is 0 Å². The van der Waals surface area contributed by atoms with E-state index in [1.54, 1.807) is 11.8 Å². The van der Waals surface area contributed by atoms with E-state index in [1.165, 1.54) is 4.90 Å². The molecule has 0 aromatic heterocycles. The monoisotopic (exact) mass is 324 g/mol. The Balaban J connectivity index is 2.27. The second-order valence-corrected chi connectivity index (χ2v) is 8.29. The van der Waals surface area contributed by atoms with E-state index < -0.39 is 6.49 Å². The molecule has 0 amide bonds. The molecule has 0 spiro atoms. The molecule has 1 atom stereocenters. The van der Waals surface area contributed by atoms with E-state index in [1.807, 2.05) is 67.8 Å². The highest BCUT2D eigenvalue weighted by Crippen LogP contribution is 2.47. The number of hydrogen-bond acceptors (Lipinski definition) is 4. The molecule has 1 unspecified atom stereocenters. The van der Waals surface area contributed by atoms with E-state index >= 15 is 0 Å². The van der Waals surface area contributed by atoms with Gasteiger partial charge < -0.3 is 9.05 Å². The summed E-state index contributed by atoms with van der Waals surface area (Å²) in [5, 5.41) is 0.936. The molecule has 0 aliphatic heterocycles. The van der Waals surface area contributed by atoms with Gasteiger partial charge in [0.15, 0.2) is 0 Å². The van der Waals surface area contributed by atoms with Crippen molar-refractivity contribution in [3.63, 3.8) is 0 Å². The Hall–Kier alpha value is -0.800. The number of thioether (sulfide) groups is 1. The smallest absolute Gasteiger partial charge is 0.269 e. The van der Waals surface area contributed by atoms with Crippen LogP contribution in [-0.2, 0) is 16.3 Å². The van der Waals surface area contributed by atoms with Crippen LogP contribution < -0.4 is 9.83 Å². The van der Waals surface area contributed by atoms with Crippen molar-refractivity contribution in [1.82, 2.24) is 0 Å². The molecule has 0 fully saturated rings. The molecule has 5 heteroatoms. The molecule has 2 aromatic rings. The fourth-order valence-electron chi connectivity index (χ4n) is 1.71. The SMILES string of the molecule is CCOP(=S)(Oc1ccc(SC)cc1)c1ccccc1. The Morgan fingerprint density at radius 2 is 1.70 bits per heavy atom. The third-order valence-corrected chi connectivity index (χ3v) is 6.55. The molecule has 20 heavy (non-hydrogen) atoms. The Kier molecular flexibility index (Phi) is 5.67. The van der Waals surface area contributed by atoms with Crippen LogP contribution in [0, 0.1) is 0 Å². The van der Waals surface area contributed by atoms with Gasteiger partial charge in [-0.25, -0.2) is 0 Å². The van der Waals surface area contributed by atoms with Gasteiger partial charge in [0.1, 0.15) is 5.75 Å². The molecule has 0 bridgehead atoms. The highest BCUT2D eigenvalue weighted by atomic mass is 32.5. The zero-order chi connectivity index (χ0) is 14.4. The number of hydrogen-bond donors (Lipinski definition) is 0. The van der Waals surface area contributed by atoms with E-state index in [0.29, 0.717) is 6.61 Å². The summed E-state index contributed by atoms with van der Waals surface area (Å²) in [7, 11) is 0. The lowest BCUT2D eigenvalue weighted by molar-refractivity contribution is 0.339.